The van der Waals surface area contributed by atoms with Crippen molar-refractivity contribution in [2.24, 2.45) is 0 Å². The largest absolute Gasteiger partial charge is 0.462 e. The van der Waals surface area contributed by atoms with Gasteiger partial charge in [0.2, 0.25) is 0 Å². The lowest BCUT2D eigenvalue weighted by atomic mass is 9.97. The van der Waals surface area contributed by atoms with Gasteiger partial charge in [0.25, 0.3) is 11.6 Å². The summed E-state index contributed by atoms with van der Waals surface area (Å²) in [5.74, 6) is -0.912. The molecule has 8 nitrogen and oxygen atoms in total. The number of nitro benzene ring substituents is 1. The molecule has 0 spiro atoms. The van der Waals surface area contributed by atoms with Crippen molar-refractivity contribution in [3.05, 3.63) is 68.7 Å². The van der Waals surface area contributed by atoms with Gasteiger partial charge >= 0.3 is 5.97 Å². The molecule has 0 radical (unpaired) electrons. The number of fused-ring (bicyclic) bond motifs is 1. The number of carbonyl (C=O) groups is 2. The van der Waals surface area contributed by atoms with Crippen LogP contribution in [0.5, 0.6) is 0 Å². The van der Waals surface area contributed by atoms with Crippen LogP contribution in [0.4, 0.5) is 5.69 Å². The van der Waals surface area contributed by atoms with Gasteiger partial charge in [0.15, 0.2) is 0 Å². The van der Waals surface area contributed by atoms with E-state index in [1.807, 2.05) is 24.3 Å². The smallest absolute Gasteiger partial charge is 0.338 e. The Morgan fingerprint density at radius 2 is 2.03 bits per heavy atom. The molecule has 0 bridgehead atoms. The molecule has 1 saturated heterocycles. The molecule has 1 aromatic heterocycles. The average Bonchev–Trinajstić information content (AvgIpc) is 3.23. The number of esters is 1. The molecule has 0 saturated carbocycles. The number of para-hydroxylation sites is 1. The summed E-state index contributed by atoms with van der Waals surface area (Å²) in [6.07, 6.45) is 1.73. The molecule has 31 heavy (non-hydrogen) atoms. The van der Waals surface area contributed by atoms with Crippen LogP contribution >= 0.6 is 11.3 Å². The minimum Gasteiger partial charge on any atom is -0.462 e. The van der Waals surface area contributed by atoms with E-state index in [0.717, 1.165) is 34.1 Å². The van der Waals surface area contributed by atoms with E-state index in [4.69, 9.17) is 9.72 Å². The molecule has 0 N–H and O–H groups in total. The molecule has 2 aromatic carbocycles. The van der Waals surface area contributed by atoms with E-state index in [9.17, 15) is 19.7 Å². The maximum atomic E-state index is 13.2. The van der Waals surface area contributed by atoms with E-state index in [2.05, 4.69) is 0 Å². The van der Waals surface area contributed by atoms with Crippen molar-refractivity contribution in [1.82, 2.24) is 9.88 Å². The number of nitro groups is 1. The van der Waals surface area contributed by atoms with Crippen LogP contribution in [0.15, 0.2) is 42.5 Å². The first kappa shape index (κ1) is 20.9. The van der Waals surface area contributed by atoms with Crippen molar-refractivity contribution in [2.45, 2.75) is 25.7 Å². The number of hydrogen-bond donors (Lipinski definition) is 0. The number of ether oxygens (including phenoxy) is 1. The second kappa shape index (κ2) is 8.81. The fourth-order valence-corrected chi connectivity index (χ4v) is 4.88. The Hall–Kier alpha value is -3.33. The SMILES string of the molecule is CCOC(=O)c1cc(C(=O)N2CCCC(c3nc4ccccc4s3)C2)cc([N+](=O)[O-])c1. The summed E-state index contributed by atoms with van der Waals surface area (Å²) >= 11 is 1.63. The Kier molecular flexibility index (Phi) is 5.94. The fourth-order valence-electron chi connectivity index (χ4n) is 3.78. The number of rotatable bonds is 5. The van der Waals surface area contributed by atoms with E-state index in [1.165, 1.54) is 12.1 Å². The standard InChI is InChI=1S/C22H21N3O5S/c1-2-30-22(27)16-10-15(11-17(12-16)25(28)29)21(26)24-9-5-6-14(13-24)20-23-18-7-3-4-8-19(18)31-20/h3-4,7-8,10-12,14H,2,5-6,9,13H2,1H3. The van der Waals surface area contributed by atoms with Crippen LogP contribution < -0.4 is 0 Å². The minimum atomic E-state index is -0.689. The monoisotopic (exact) mass is 439 g/mol. The number of hydrogen-bond acceptors (Lipinski definition) is 7. The zero-order valence-corrected chi connectivity index (χ0v) is 17.8. The van der Waals surface area contributed by atoms with Crippen molar-refractivity contribution < 1.29 is 19.2 Å². The Labute approximate surface area is 182 Å². The summed E-state index contributed by atoms with van der Waals surface area (Å²) in [5, 5.41) is 12.3. The summed E-state index contributed by atoms with van der Waals surface area (Å²) in [4.78, 5) is 42.4. The summed E-state index contributed by atoms with van der Waals surface area (Å²) in [5.41, 5.74) is 0.749. The third-order valence-corrected chi connectivity index (χ3v) is 6.45. The highest BCUT2D eigenvalue weighted by Gasteiger charge is 2.29. The van der Waals surface area contributed by atoms with E-state index in [0.29, 0.717) is 13.1 Å². The highest BCUT2D eigenvalue weighted by atomic mass is 32.1. The van der Waals surface area contributed by atoms with Gasteiger partial charge in [-0.15, -0.1) is 11.3 Å². The third-order valence-electron chi connectivity index (χ3n) is 5.25. The van der Waals surface area contributed by atoms with Crippen molar-refractivity contribution in [3.63, 3.8) is 0 Å². The maximum absolute atomic E-state index is 13.2. The summed E-state index contributed by atoms with van der Waals surface area (Å²) in [6.45, 7) is 2.83. The number of benzene rings is 2. The lowest BCUT2D eigenvalue weighted by Gasteiger charge is -2.32. The number of piperidine rings is 1. The first-order chi connectivity index (χ1) is 15.0. The Morgan fingerprint density at radius 1 is 1.26 bits per heavy atom. The van der Waals surface area contributed by atoms with Gasteiger partial charge in [0, 0.05) is 36.7 Å². The van der Waals surface area contributed by atoms with Crippen LogP contribution in [-0.4, -0.2) is 46.4 Å². The molecule has 2 heterocycles. The van der Waals surface area contributed by atoms with Gasteiger partial charge < -0.3 is 9.64 Å². The van der Waals surface area contributed by atoms with Gasteiger partial charge in [0.1, 0.15) is 0 Å². The summed E-state index contributed by atoms with van der Waals surface area (Å²) in [7, 11) is 0. The zero-order valence-electron chi connectivity index (χ0n) is 16.9. The molecule has 1 aliphatic rings. The quantitative estimate of drug-likeness (QED) is 0.332. The van der Waals surface area contributed by atoms with Gasteiger partial charge in [-0.05, 0) is 38.0 Å². The van der Waals surface area contributed by atoms with E-state index < -0.39 is 10.9 Å². The van der Waals surface area contributed by atoms with Crippen molar-refractivity contribution in [1.29, 1.82) is 0 Å². The summed E-state index contributed by atoms with van der Waals surface area (Å²) < 4.78 is 6.06. The van der Waals surface area contributed by atoms with Crippen molar-refractivity contribution in [2.75, 3.05) is 19.7 Å². The molecule has 160 valence electrons. The summed E-state index contributed by atoms with van der Waals surface area (Å²) in [6, 6.07) is 11.6. The average molecular weight is 439 g/mol. The first-order valence-corrected chi connectivity index (χ1v) is 10.9. The molecule has 1 amide bonds. The molecule has 1 aliphatic heterocycles. The van der Waals surface area contributed by atoms with Crippen molar-refractivity contribution >= 4 is 39.1 Å². The van der Waals surface area contributed by atoms with Crippen LogP contribution in [0.25, 0.3) is 10.2 Å². The topological polar surface area (TPSA) is 103 Å². The van der Waals surface area contributed by atoms with Gasteiger partial charge in [-0.3, -0.25) is 14.9 Å². The predicted octanol–water partition coefficient (Wildman–Crippen LogP) is 4.40. The molecule has 3 aromatic rings. The fraction of sp³-hybridized carbons (Fsp3) is 0.318. The molecule has 0 aliphatic carbocycles. The predicted molar refractivity (Wildman–Crippen MR) is 117 cm³/mol. The van der Waals surface area contributed by atoms with Crippen LogP contribution in [0.1, 0.15) is 51.4 Å². The van der Waals surface area contributed by atoms with Gasteiger partial charge in [-0.2, -0.15) is 0 Å². The highest BCUT2D eigenvalue weighted by molar-refractivity contribution is 7.18. The van der Waals surface area contributed by atoms with Crippen LogP contribution in [0.2, 0.25) is 0 Å². The normalized spacial score (nSPS) is 16.3. The minimum absolute atomic E-state index is 0.000803. The second-order valence-corrected chi connectivity index (χ2v) is 8.42. The van der Waals surface area contributed by atoms with Crippen LogP contribution in [-0.2, 0) is 4.74 Å². The Balaban J connectivity index is 1.59. The van der Waals surface area contributed by atoms with Gasteiger partial charge in [-0.25, -0.2) is 9.78 Å². The number of carbonyl (C=O) groups excluding carboxylic acids is 2. The van der Waals surface area contributed by atoms with Crippen molar-refractivity contribution in [3.8, 4) is 0 Å². The second-order valence-electron chi connectivity index (χ2n) is 7.36. The lowest BCUT2D eigenvalue weighted by Crippen LogP contribution is -2.39. The first-order valence-electron chi connectivity index (χ1n) is 10.1. The van der Waals surface area contributed by atoms with Crippen LogP contribution in [0.3, 0.4) is 0 Å². The number of non-ortho nitro benzene ring substituents is 1. The van der Waals surface area contributed by atoms with Gasteiger partial charge in [-0.1, -0.05) is 12.1 Å². The molecule has 9 heteroatoms. The lowest BCUT2D eigenvalue weighted by molar-refractivity contribution is -0.384. The van der Waals surface area contributed by atoms with Gasteiger partial charge in [0.05, 0.1) is 32.3 Å². The van der Waals surface area contributed by atoms with E-state index in [1.54, 1.807) is 23.2 Å². The number of aromatic nitrogens is 1. The maximum Gasteiger partial charge on any atom is 0.338 e. The zero-order chi connectivity index (χ0) is 22.0. The number of likely N-dealkylation sites (tertiary alicyclic amines) is 1. The number of thiazole rings is 1. The molecule has 1 unspecified atom stereocenters. The highest BCUT2D eigenvalue weighted by Crippen LogP contribution is 2.33. The third kappa shape index (κ3) is 4.41. The Morgan fingerprint density at radius 3 is 2.77 bits per heavy atom. The molecular formula is C22H21N3O5S. The molecular weight excluding hydrogens is 418 g/mol. The van der Waals surface area contributed by atoms with E-state index >= 15 is 0 Å². The molecule has 1 fully saturated rings. The van der Waals surface area contributed by atoms with Crippen LogP contribution in [0, 0.1) is 10.1 Å². The molecule has 4 rings (SSSR count). The number of nitrogens with zero attached hydrogens (tertiary/aromatic N) is 3. The Bertz CT molecular complexity index is 1130. The van der Waals surface area contributed by atoms with E-state index in [-0.39, 0.29) is 35.2 Å². The number of amides is 1. The molecule has 1 atom stereocenters.